The van der Waals surface area contributed by atoms with Crippen molar-refractivity contribution in [2.75, 3.05) is 26.7 Å². The first-order valence-corrected chi connectivity index (χ1v) is 7.76. The first-order chi connectivity index (χ1) is 10.7. The number of methoxy groups -OCH3 is 1. The quantitative estimate of drug-likeness (QED) is 0.899. The largest absolute Gasteiger partial charge is 0.497 e. The molecule has 2 aromatic rings. The topological polar surface area (TPSA) is 71.6 Å². The fourth-order valence-electron chi connectivity index (χ4n) is 3.04. The van der Waals surface area contributed by atoms with Crippen LogP contribution < -0.4 is 10.5 Å². The Morgan fingerprint density at radius 1 is 1.36 bits per heavy atom. The second-order valence-corrected chi connectivity index (χ2v) is 5.94. The van der Waals surface area contributed by atoms with Gasteiger partial charge in [-0.25, -0.2) is 0 Å². The fourth-order valence-corrected chi connectivity index (χ4v) is 3.04. The smallest absolute Gasteiger partial charge is 0.119 e. The molecule has 22 heavy (non-hydrogen) atoms. The number of pyridine rings is 1. The van der Waals surface area contributed by atoms with Crippen LogP contribution in [0.15, 0.2) is 30.5 Å². The molecule has 0 amide bonds. The van der Waals surface area contributed by atoms with Crippen LogP contribution in [0.3, 0.4) is 0 Å². The second kappa shape index (κ2) is 6.60. The molecule has 5 nitrogen and oxygen atoms in total. The lowest BCUT2D eigenvalue weighted by Crippen LogP contribution is -2.41. The third kappa shape index (κ3) is 3.21. The third-order valence-corrected chi connectivity index (χ3v) is 4.40. The van der Waals surface area contributed by atoms with Crippen molar-refractivity contribution in [1.82, 2.24) is 9.88 Å². The second-order valence-electron chi connectivity index (χ2n) is 5.94. The van der Waals surface area contributed by atoms with Gasteiger partial charge in [-0.05, 0) is 55.8 Å². The van der Waals surface area contributed by atoms with Crippen LogP contribution in [0.5, 0.6) is 5.75 Å². The molecule has 0 unspecified atom stereocenters. The van der Waals surface area contributed by atoms with E-state index in [9.17, 15) is 5.11 Å². The summed E-state index contributed by atoms with van der Waals surface area (Å²) in [6, 6.07) is 7.94. The van der Waals surface area contributed by atoms with Gasteiger partial charge in [0.25, 0.3) is 0 Å². The highest BCUT2D eigenvalue weighted by molar-refractivity contribution is 5.83. The fraction of sp³-hybridized carbons (Fsp3) is 0.471. The minimum Gasteiger partial charge on any atom is -0.497 e. The maximum atomic E-state index is 10.7. The number of benzene rings is 1. The Balaban J connectivity index is 1.82. The number of rotatable bonds is 4. The van der Waals surface area contributed by atoms with Crippen LogP contribution in [-0.4, -0.2) is 47.8 Å². The summed E-state index contributed by atoms with van der Waals surface area (Å²) < 4.78 is 5.29. The summed E-state index contributed by atoms with van der Waals surface area (Å²) in [6.07, 6.45) is 3.21. The van der Waals surface area contributed by atoms with Crippen molar-refractivity contribution in [3.8, 4) is 5.75 Å². The number of aliphatic hydroxyl groups is 1. The number of fused-ring (bicyclic) bond motifs is 1. The predicted octanol–water partition coefficient (Wildman–Crippen LogP) is 1.70. The predicted molar refractivity (Wildman–Crippen MR) is 86.9 cm³/mol. The summed E-state index contributed by atoms with van der Waals surface area (Å²) in [5.74, 6) is 0.776. The number of hydrogen-bond donors (Lipinski definition) is 2. The van der Waals surface area contributed by atoms with E-state index in [1.165, 1.54) is 0 Å². The van der Waals surface area contributed by atoms with E-state index in [1.54, 1.807) is 13.3 Å². The van der Waals surface area contributed by atoms with E-state index >= 15 is 0 Å². The standard InChI is InChI=1S/C17H23N3O2/c1-22-13-2-3-16-15(10-13)14(4-7-19-16)17(21)11-20-8-5-12(18)6-9-20/h2-4,7,10,12,17,21H,5-6,8-9,11,18H2,1H3/t17-/m1/s1. The van der Waals surface area contributed by atoms with Gasteiger partial charge in [0.1, 0.15) is 5.75 Å². The maximum Gasteiger partial charge on any atom is 0.119 e. The molecular formula is C17H23N3O2. The van der Waals surface area contributed by atoms with Gasteiger partial charge in [-0.1, -0.05) is 0 Å². The summed E-state index contributed by atoms with van der Waals surface area (Å²) in [7, 11) is 1.64. The zero-order valence-electron chi connectivity index (χ0n) is 12.9. The number of β-amino-alcohol motifs (C(OH)–C–C–N with tert-alkyl or cyclic N) is 1. The molecule has 1 aromatic carbocycles. The number of hydrogen-bond acceptors (Lipinski definition) is 5. The van der Waals surface area contributed by atoms with Crippen molar-refractivity contribution < 1.29 is 9.84 Å². The van der Waals surface area contributed by atoms with Crippen molar-refractivity contribution in [3.05, 3.63) is 36.0 Å². The lowest BCUT2D eigenvalue weighted by Gasteiger charge is -2.31. The Labute approximate surface area is 130 Å². The molecule has 3 rings (SSSR count). The zero-order valence-corrected chi connectivity index (χ0v) is 12.9. The summed E-state index contributed by atoms with van der Waals surface area (Å²) in [5.41, 5.74) is 7.71. The molecule has 5 heteroatoms. The average molecular weight is 301 g/mol. The molecule has 3 N–H and O–H groups in total. The van der Waals surface area contributed by atoms with Crippen LogP contribution >= 0.6 is 0 Å². The van der Waals surface area contributed by atoms with Crippen LogP contribution in [0.25, 0.3) is 10.9 Å². The van der Waals surface area contributed by atoms with E-state index in [0.29, 0.717) is 12.6 Å². The van der Waals surface area contributed by atoms with Gasteiger partial charge in [0, 0.05) is 24.2 Å². The van der Waals surface area contributed by atoms with Gasteiger partial charge in [-0.2, -0.15) is 0 Å². The van der Waals surface area contributed by atoms with Crippen LogP contribution in [-0.2, 0) is 0 Å². The van der Waals surface area contributed by atoms with Crippen LogP contribution in [0.1, 0.15) is 24.5 Å². The minimum atomic E-state index is -0.535. The number of nitrogens with two attached hydrogens (primary N) is 1. The molecule has 0 bridgehead atoms. The van der Waals surface area contributed by atoms with Gasteiger partial charge in [-0.3, -0.25) is 4.98 Å². The lowest BCUT2D eigenvalue weighted by atomic mass is 10.0. The molecule has 118 valence electrons. The van der Waals surface area contributed by atoms with Crippen molar-refractivity contribution in [1.29, 1.82) is 0 Å². The monoisotopic (exact) mass is 301 g/mol. The molecule has 0 spiro atoms. The van der Waals surface area contributed by atoms with E-state index in [2.05, 4.69) is 9.88 Å². The van der Waals surface area contributed by atoms with Gasteiger partial charge in [-0.15, -0.1) is 0 Å². The van der Waals surface area contributed by atoms with E-state index in [1.807, 2.05) is 24.3 Å². The Kier molecular flexibility index (Phi) is 4.57. The summed E-state index contributed by atoms with van der Waals surface area (Å²) in [5, 5.41) is 11.6. The number of piperidine rings is 1. The molecule has 1 aliphatic rings. The number of nitrogens with zero attached hydrogens (tertiary/aromatic N) is 2. The Bertz CT molecular complexity index is 639. The highest BCUT2D eigenvalue weighted by Crippen LogP contribution is 2.27. The van der Waals surface area contributed by atoms with E-state index < -0.39 is 6.10 Å². The molecule has 1 aliphatic heterocycles. The van der Waals surface area contributed by atoms with Crippen molar-refractivity contribution >= 4 is 10.9 Å². The minimum absolute atomic E-state index is 0.305. The Hall–Kier alpha value is -1.69. The van der Waals surface area contributed by atoms with Gasteiger partial charge < -0.3 is 20.5 Å². The summed E-state index contributed by atoms with van der Waals surface area (Å²) in [4.78, 5) is 6.64. The lowest BCUT2D eigenvalue weighted by molar-refractivity contribution is 0.0986. The zero-order chi connectivity index (χ0) is 15.5. The highest BCUT2D eigenvalue weighted by Gasteiger charge is 2.20. The van der Waals surface area contributed by atoms with Crippen LogP contribution in [0, 0.1) is 0 Å². The van der Waals surface area contributed by atoms with E-state index in [0.717, 1.165) is 48.1 Å². The average Bonchev–Trinajstić information content (AvgIpc) is 2.55. The van der Waals surface area contributed by atoms with Crippen LogP contribution in [0.2, 0.25) is 0 Å². The Morgan fingerprint density at radius 2 is 2.14 bits per heavy atom. The SMILES string of the molecule is COc1ccc2nccc([C@H](O)CN3CCC(N)CC3)c2c1. The van der Waals surface area contributed by atoms with Crippen molar-refractivity contribution in [3.63, 3.8) is 0 Å². The molecule has 1 aromatic heterocycles. The number of ether oxygens (including phenoxy) is 1. The van der Waals surface area contributed by atoms with Gasteiger partial charge in [0.15, 0.2) is 0 Å². The van der Waals surface area contributed by atoms with E-state index in [-0.39, 0.29) is 0 Å². The van der Waals surface area contributed by atoms with Crippen molar-refractivity contribution in [2.24, 2.45) is 5.73 Å². The highest BCUT2D eigenvalue weighted by atomic mass is 16.5. The summed E-state index contributed by atoms with van der Waals surface area (Å²) in [6.45, 7) is 2.53. The molecule has 1 saturated heterocycles. The van der Waals surface area contributed by atoms with Gasteiger partial charge >= 0.3 is 0 Å². The molecular weight excluding hydrogens is 278 g/mol. The van der Waals surface area contributed by atoms with Crippen molar-refractivity contribution in [2.45, 2.75) is 25.0 Å². The third-order valence-electron chi connectivity index (χ3n) is 4.40. The molecule has 0 saturated carbocycles. The normalized spacial score (nSPS) is 18.5. The van der Waals surface area contributed by atoms with E-state index in [4.69, 9.17) is 10.5 Å². The molecule has 1 atom stereocenters. The Morgan fingerprint density at radius 3 is 2.86 bits per heavy atom. The van der Waals surface area contributed by atoms with Gasteiger partial charge in [0.05, 0.1) is 18.7 Å². The number of aliphatic hydroxyl groups excluding tert-OH is 1. The number of likely N-dealkylation sites (tertiary alicyclic amines) is 1. The summed E-state index contributed by atoms with van der Waals surface area (Å²) >= 11 is 0. The van der Waals surface area contributed by atoms with Crippen LogP contribution in [0.4, 0.5) is 0 Å². The molecule has 1 fully saturated rings. The maximum absolute atomic E-state index is 10.7. The van der Waals surface area contributed by atoms with Gasteiger partial charge in [0.2, 0.25) is 0 Å². The number of aromatic nitrogens is 1. The first-order valence-electron chi connectivity index (χ1n) is 7.76. The molecule has 0 radical (unpaired) electrons. The molecule has 0 aliphatic carbocycles. The first kappa shape index (κ1) is 15.2. The molecule has 2 heterocycles.